The van der Waals surface area contributed by atoms with Gasteiger partial charge in [0.15, 0.2) is 0 Å². The van der Waals surface area contributed by atoms with Crippen LogP contribution in [0.5, 0.6) is 0 Å². The quantitative estimate of drug-likeness (QED) is 0.719. The SMILES string of the molecule is COCC1CCN(CC(O)C(C)C)C1. The van der Waals surface area contributed by atoms with E-state index in [9.17, 15) is 5.11 Å². The topological polar surface area (TPSA) is 32.7 Å². The molecule has 0 aromatic carbocycles. The molecule has 0 spiro atoms. The minimum Gasteiger partial charge on any atom is -0.392 e. The van der Waals surface area contributed by atoms with Crippen molar-refractivity contribution in [3.05, 3.63) is 0 Å². The molecule has 1 aliphatic rings. The largest absolute Gasteiger partial charge is 0.392 e. The van der Waals surface area contributed by atoms with Gasteiger partial charge in [-0.2, -0.15) is 0 Å². The van der Waals surface area contributed by atoms with Gasteiger partial charge in [-0.15, -0.1) is 0 Å². The number of aliphatic hydroxyl groups is 1. The number of hydrogen-bond donors (Lipinski definition) is 1. The summed E-state index contributed by atoms with van der Waals surface area (Å²) in [5.74, 6) is 1.02. The lowest BCUT2D eigenvalue weighted by atomic mass is 10.1. The summed E-state index contributed by atoms with van der Waals surface area (Å²) in [5.41, 5.74) is 0. The standard InChI is InChI=1S/C11H23NO2/c1-9(2)11(13)7-12-5-4-10(6-12)8-14-3/h9-11,13H,4-8H2,1-3H3. The first-order valence-electron chi connectivity index (χ1n) is 5.52. The van der Waals surface area contributed by atoms with Crippen LogP contribution in [0.4, 0.5) is 0 Å². The predicted molar refractivity (Wildman–Crippen MR) is 57.3 cm³/mol. The molecule has 0 bridgehead atoms. The maximum Gasteiger partial charge on any atom is 0.0689 e. The van der Waals surface area contributed by atoms with E-state index in [-0.39, 0.29) is 6.10 Å². The molecule has 1 heterocycles. The molecule has 3 heteroatoms. The van der Waals surface area contributed by atoms with Gasteiger partial charge in [-0.05, 0) is 24.8 Å². The highest BCUT2D eigenvalue weighted by Crippen LogP contribution is 2.17. The molecule has 1 rings (SSSR count). The van der Waals surface area contributed by atoms with Gasteiger partial charge >= 0.3 is 0 Å². The first-order valence-corrected chi connectivity index (χ1v) is 5.52. The zero-order valence-electron chi connectivity index (χ0n) is 9.57. The van der Waals surface area contributed by atoms with E-state index in [0.29, 0.717) is 11.8 Å². The van der Waals surface area contributed by atoms with Crippen LogP contribution in [0, 0.1) is 11.8 Å². The number of β-amino-alcohol motifs (C(OH)–C–C–N with tert-alkyl or cyclic N) is 1. The van der Waals surface area contributed by atoms with Gasteiger partial charge in [-0.1, -0.05) is 13.8 Å². The molecular weight excluding hydrogens is 178 g/mol. The van der Waals surface area contributed by atoms with Gasteiger partial charge in [-0.3, -0.25) is 0 Å². The van der Waals surface area contributed by atoms with Gasteiger partial charge < -0.3 is 14.7 Å². The van der Waals surface area contributed by atoms with Crippen molar-refractivity contribution in [1.82, 2.24) is 4.90 Å². The van der Waals surface area contributed by atoms with E-state index >= 15 is 0 Å². The highest BCUT2D eigenvalue weighted by Gasteiger charge is 2.24. The van der Waals surface area contributed by atoms with Crippen molar-refractivity contribution < 1.29 is 9.84 Å². The molecule has 1 aliphatic heterocycles. The zero-order chi connectivity index (χ0) is 10.6. The van der Waals surface area contributed by atoms with Gasteiger partial charge in [0.2, 0.25) is 0 Å². The molecule has 0 aromatic rings. The van der Waals surface area contributed by atoms with Crippen molar-refractivity contribution in [2.75, 3.05) is 33.4 Å². The summed E-state index contributed by atoms with van der Waals surface area (Å²) in [6.07, 6.45) is 1.02. The van der Waals surface area contributed by atoms with Crippen molar-refractivity contribution in [1.29, 1.82) is 0 Å². The van der Waals surface area contributed by atoms with E-state index in [1.165, 1.54) is 6.42 Å². The molecule has 84 valence electrons. The molecule has 0 aromatic heterocycles. The van der Waals surface area contributed by atoms with Crippen LogP contribution in [-0.4, -0.2) is 49.5 Å². The average molecular weight is 201 g/mol. The number of hydrogen-bond acceptors (Lipinski definition) is 3. The molecule has 2 unspecified atom stereocenters. The van der Waals surface area contributed by atoms with E-state index < -0.39 is 0 Å². The highest BCUT2D eigenvalue weighted by molar-refractivity contribution is 4.77. The van der Waals surface area contributed by atoms with Crippen molar-refractivity contribution >= 4 is 0 Å². The van der Waals surface area contributed by atoms with Crippen LogP contribution in [0.2, 0.25) is 0 Å². The van der Waals surface area contributed by atoms with Crippen LogP contribution >= 0.6 is 0 Å². The van der Waals surface area contributed by atoms with Crippen LogP contribution in [0.25, 0.3) is 0 Å². The number of methoxy groups -OCH3 is 1. The van der Waals surface area contributed by atoms with Crippen molar-refractivity contribution in [2.24, 2.45) is 11.8 Å². The van der Waals surface area contributed by atoms with Crippen molar-refractivity contribution in [2.45, 2.75) is 26.4 Å². The molecule has 0 aliphatic carbocycles. The molecule has 1 fully saturated rings. The van der Waals surface area contributed by atoms with E-state index in [4.69, 9.17) is 4.74 Å². The molecule has 0 amide bonds. The Morgan fingerprint density at radius 2 is 2.21 bits per heavy atom. The number of likely N-dealkylation sites (tertiary alicyclic amines) is 1. The predicted octanol–water partition coefficient (Wildman–Crippen LogP) is 0.972. The third kappa shape index (κ3) is 3.56. The second-order valence-corrected chi connectivity index (χ2v) is 4.68. The molecule has 0 radical (unpaired) electrons. The Bertz CT molecular complexity index is 161. The molecule has 0 saturated carbocycles. The zero-order valence-corrected chi connectivity index (χ0v) is 9.57. The molecule has 14 heavy (non-hydrogen) atoms. The van der Waals surface area contributed by atoms with E-state index in [1.54, 1.807) is 7.11 Å². The Hall–Kier alpha value is -0.120. The lowest BCUT2D eigenvalue weighted by Gasteiger charge is -2.22. The Morgan fingerprint density at radius 1 is 1.50 bits per heavy atom. The maximum atomic E-state index is 9.73. The molecular formula is C11H23NO2. The molecule has 2 atom stereocenters. The number of nitrogens with zero attached hydrogens (tertiary/aromatic N) is 1. The Morgan fingerprint density at radius 3 is 2.79 bits per heavy atom. The number of rotatable bonds is 5. The molecule has 1 saturated heterocycles. The Balaban J connectivity index is 2.21. The van der Waals surface area contributed by atoms with Crippen LogP contribution in [-0.2, 0) is 4.74 Å². The third-order valence-electron chi connectivity index (χ3n) is 2.99. The Labute approximate surface area is 87.1 Å². The lowest BCUT2D eigenvalue weighted by molar-refractivity contribution is 0.0809. The van der Waals surface area contributed by atoms with E-state index in [0.717, 1.165) is 26.2 Å². The summed E-state index contributed by atoms with van der Waals surface area (Å²) >= 11 is 0. The summed E-state index contributed by atoms with van der Waals surface area (Å²) in [5, 5.41) is 9.73. The minimum atomic E-state index is -0.184. The summed E-state index contributed by atoms with van der Waals surface area (Å²) in [6.45, 7) is 7.99. The normalized spacial score (nSPS) is 25.9. The van der Waals surface area contributed by atoms with Crippen LogP contribution in [0.15, 0.2) is 0 Å². The van der Waals surface area contributed by atoms with Crippen molar-refractivity contribution in [3.8, 4) is 0 Å². The monoisotopic (exact) mass is 201 g/mol. The first kappa shape index (κ1) is 12.0. The number of aliphatic hydroxyl groups excluding tert-OH is 1. The van der Waals surface area contributed by atoms with Gasteiger partial charge in [0.25, 0.3) is 0 Å². The van der Waals surface area contributed by atoms with E-state index in [2.05, 4.69) is 18.7 Å². The Kier molecular flexibility index (Phi) is 4.85. The minimum absolute atomic E-state index is 0.184. The van der Waals surface area contributed by atoms with Gasteiger partial charge in [-0.25, -0.2) is 0 Å². The summed E-state index contributed by atoms with van der Waals surface area (Å²) < 4.78 is 5.14. The van der Waals surface area contributed by atoms with Gasteiger partial charge in [0.1, 0.15) is 0 Å². The smallest absolute Gasteiger partial charge is 0.0689 e. The third-order valence-corrected chi connectivity index (χ3v) is 2.99. The van der Waals surface area contributed by atoms with Crippen molar-refractivity contribution in [3.63, 3.8) is 0 Å². The molecule has 3 nitrogen and oxygen atoms in total. The fraction of sp³-hybridized carbons (Fsp3) is 1.00. The van der Waals surface area contributed by atoms with E-state index in [1.807, 2.05) is 0 Å². The summed E-state index contributed by atoms with van der Waals surface area (Å²) in [4.78, 5) is 2.34. The summed E-state index contributed by atoms with van der Waals surface area (Å²) in [6, 6.07) is 0. The highest BCUT2D eigenvalue weighted by atomic mass is 16.5. The maximum absolute atomic E-state index is 9.73. The fourth-order valence-corrected chi connectivity index (χ4v) is 1.93. The van der Waals surface area contributed by atoms with Crippen LogP contribution < -0.4 is 0 Å². The lowest BCUT2D eigenvalue weighted by Crippen LogP contribution is -2.33. The van der Waals surface area contributed by atoms with Gasteiger partial charge in [0, 0.05) is 20.2 Å². The van der Waals surface area contributed by atoms with Crippen LogP contribution in [0.1, 0.15) is 20.3 Å². The second-order valence-electron chi connectivity index (χ2n) is 4.68. The molecule has 1 N–H and O–H groups in total. The second kappa shape index (κ2) is 5.69. The van der Waals surface area contributed by atoms with Crippen LogP contribution in [0.3, 0.4) is 0 Å². The number of ether oxygens (including phenoxy) is 1. The summed E-state index contributed by atoms with van der Waals surface area (Å²) in [7, 11) is 1.76. The first-order chi connectivity index (χ1) is 6.63. The fourth-order valence-electron chi connectivity index (χ4n) is 1.93. The average Bonchev–Trinajstić information content (AvgIpc) is 2.53. The van der Waals surface area contributed by atoms with Gasteiger partial charge in [0.05, 0.1) is 12.7 Å².